The topological polar surface area (TPSA) is 84.6 Å². The van der Waals surface area contributed by atoms with Crippen LogP contribution < -0.4 is 11.1 Å². The fraction of sp³-hybridized carbons (Fsp3) is 0.500. The van der Waals surface area contributed by atoms with E-state index in [0.29, 0.717) is 19.8 Å². The van der Waals surface area contributed by atoms with Crippen LogP contribution in [0.25, 0.3) is 0 Å². The Hall–Kier alpha value is -1.43. The number of carbonyl (C=O) groups excluding carboxylic acids is 1. The van der Waals surface area contributed by atoms with Crippen LogP contribution in [-0.4, -0.2) is 37.4 Å². The Balaban J connectivity index is 2.14. The van der Waals surface area contributed by atoms with Crippen molar-refractivity contribution in [1.82, 2.24) is 5.32 Å². The number of primary amides is 1. The average Bonchev–Trinajstić information content (AvgIpc) is 2.38. The van der Waals surface area contributed by atoms with Crippen LogP contribution in [0, 0.1) is 5.41 Å². The van der Waals surface area contributed by atoms with E-state index in [0.717, 1.165) is 5.56 Å². The lowest BCUT2D eigenvalue weighted by atomic mass is 9.84. The van der Waals surface area contributed by atoms with E-state index in [2.05, 4.69) is 5.32 Å². The number of ether oxygens (including phenoxy) is 1. The summed E-state index contributed by atoms with van der Waals surface area (Å²) in [6.45, 7) is 3.27. The zero-order chi connectivity index (χ0) is 13.9. The molecule has 1 unspecified atom stereocenters. The lowest BCUT2D eigenvalue weighted by Gasteiger charge is -2.42. The number of hydrogen-bond acceptors (Lipinski definition) is 4. The van der Waals surface area contributed by atoms with Crippen LogP contribution in [0.15, 0.2) is 30.3 Å². The van der Waals surface area contributed by atoms with Gasteiger partial charge in [0.25, 0.3) is 0 Å². The quantitative estimate of drug-likeness (QED) is 0.674. The molecule has 0 radical (unpaired) electrons. The smallest absolute Gasteiger partial charge is 0.242 e. The molecule has 1 aromatic rings. The number of carbonyl (C=O) groups is 1. The van der Waals surface area contributed by atoms with Gasteiger partial charge in [-0.1, -0.05) is 30.3 Å². The van der Waals surface area contributed by atoms with Gasteiger partial charge in [0.1, 0.15) is 5.54 Å². The van der Waals surface area contributed by atoms with E-state index < -0.39 is 11.4 Å². The Morgan fingerprint density at radius 1 is 1.47 bits per heavy atom. The number of nitrogens with one attached hydrogen (secondary N) is 1. The third-order valence-corrected chi connectivity index (χ3v) is 3.81. The molecule has 19 heavy (non-hydrogen) atoms. The highest BCUT2D eigenvalue weighted by atomic mass is 16.5. The molecule has 1 heterocycles. The molecule has 0 aliphatic carbocycles. The zero-order valence-electron chi connectivity index (χ0n) is 11.1. The Kier molecular flexibility index (Phi) is 3.89. The van der Waals surface area contributed by atoms with Crippen LogP contribution >= 0.6 is 0 Å². The molecule has 1 saturated heterocycles. The number of nitrogens with two attached hydrogens (primary N) is 1. The number of aliphatic hydroxyl groups excluding tert-OH is 1. The van der Waals surface area contributed by atoms with E-state index in [1.165, 1.54) is 0 Å². The molecule has 0 saturated carbocycles. The summed E-state index contributed by atoms with van der Waals surface area (Å²) in [7, 11) is 0. The summed E-state index contributed by atoms with van der Waals surface area (Å²) < 4.78 is 5.14. The molecule has 0 bridgehead atoms. The van der Waals surface area contributed by atoms with Gasteiger partial charge in [-0.05, 0) is 12.5 Å². The van der Waals surface area contributed by atoms with E-state index >= 15 is 0 Å². The maximum Gasteiger partial charge on any atom is 0.242 e. The van der Waals surface area contributed by atoms with E-state index in [4.69, 9.17) is 10.5 Å². The van der Waals surface area contributed by atoms with Crippen molar-refractivity contribution in [2.24, 2.45) is 11.1 Å². The monoisotopic (exact) mass is 264 g/mol. The van der Waals surface area contributed by atoms with Gasteiger partial charge in [0.05, 0.1) is 25.2 Å². The Morgan fingerprint density at radius 2 is 2.11 bits per heavy atom. The predicted octanol–water partition coefficient (Wildman–Crippen LogP) is -0.0144. The van der Waals surface area contributed by atoms with Gasteiger partial charge in [0, 0.05) is 6.54 Å². The van der Waals surface area contributed by atoms with E-state index in [9.17, 15) is 9.90 Å². The van der Waals surface area contributed by atoms with Crippen LogP contribution in [0.3, 0.4) is 0 Å². The van der Waals surface area contributed by atoms with Gasteiger partial charge in [0.2, 0.25) is 5.91 Å². The minimum atomic E-state index is -0.945. The molecule has 1 aliphatic rings. The standard InChI is InChI=1S/C14H20N2O3/c1-13(12(15)18,11-5-3-2-4-6-11)16-7-14(8-17)9-19-10-14/h2-6,16-17H,7-10H2,1H3,(H2,15,18). The lowest BCUT2D eigenvalue weighted by molar-refractivity contribution is -0.140. The van der Waals surface area contributed by atoms with Gasteiger partial charge in [-0.15, -0.1) is 0 Å². The van der Waals surface area contributed by atoms with Crippen molar-refractivity contribution in [3.05, 3.63) is 35.9 Å². The molecule has 5 nitrogen and oxygen atoms in total. The van der Waals surface area contributed by atoms with Crippen molar-refractivity contribution >= 4 is 5.91 Å². The second-order valence-electron chi connectivity index (χ2n) is 5.36. The summed E-state index contributed by atoms with van der Waals surface area (Å²) in [6, 6.07) is 9.35. The lowest BCUT2D eigenvalue weighted by Crippen LogP contribution is -2.59. The first-order chi connectivity index (χ1) is 9.02. The molecule has 0 spiro atoms. The first kappa shape index (κ1) is 14.0. The maximum absolute atomic E-state index is 11.8. The van der Waals surface area contributed by atoms with Crippen LogP contribution in [0.4, 0.5) is 0 Å². The van der Waals surface area contributed by atoms with E-state index in [-0.39, 0.29) is 12.0 Å². The van der Waals surface area contributed by atoms with Crippen molar-refractivity contribution in [2.75, 3.05) is 26.4 Å². The molecule has 1 fully saturated rings. The maximum atomic E-state index is 11.8. The van der Waals surface area contributed by atoms with Gasteiger partial charge in [0.15, 0.2) is 0 Å². The van der Waals surface area contributed by atoms with Crippen molar-refractivity contribution in [2.45, 2.75) is 12.5 Å². The van der Waals surface area contributed by atoms with Crippen molar-refractivity contribution < 1.29 is 14.6 Å². The van der Waals surface area contributed by atoms with Gasteiger partial charge < -0.3 is 15.6 Å². The minimum Gasteiger partial charge on any atom is -0.396 e. The molecule has 1 amide bonds. The van der Waals surface area contributed by atoms with Gasteiger partial charge in [-0.25, -0.2) is 0 Å². The number of amides is 1. The van der Waals surface area contributed by atoms with Crippen LogP contribution in [0.2, 0.25) is 0 Å². The number of hydrogen-bond donors (Lipinski definition) is 3. The normalized spacial score (nSPS) is 20.3. The van der Waals surface area contributed by atoms with E-state index in [1.807, 2.05) is 30.3 Å². The summed E-state index contributed by atoms with van der Waals surface area (Å²) in [4.78, 5) is 11.8. The van der Waals surface area contributed by atoms with Crippen molar-refractivity contribution in [3.63, 3.8) is 0 Å². The number of rotatable bonds is 6. The highest BCUT2D eigenvalue weighted by Gasteiger charge is 2.41. The summed E-state index contributed by atoms with van der Waals surface area (Å²) in [5.74, 6) is -0.438. The summed E-state index contributed by atoms with van der Waals surface area (Å²) in [6.07, 6.45) is 0. The molecule has 1 aliphatic heterocycles. The van der Waals surface area contributed by atoms with Crippen LogP contribution in [0.1, 0.15) is 12.5 Å². The second kappa shape index (κ2) is 5.28. The van der Waals surface area contributed by atoms with Crippen molar-refractivity contribution in [1.29, 1.82) is 0 Å². The van der Waals surface area contributed by atoms with Crippen LogP contribution in [-0.2, 0) is 15.1 Å². The summed E-state index contributed by atoms with van der Waals surface area (Å²) in [5, 5.41) is 12.6. The number of aliphatic hydroxyl groups is 1. The van der Waals surface area contributed by atoms with Crippen LogP contribution in [0.5, 0.6) is 0 Å². The second-order valence-corrected chi connectivity index (χ2v) is 5.36. The SMILES string of the molecule is CC(NCC1(CO)COC1)(C(N)=O)c1ccccc1. The highest BCUT2D eigenvalue weighted by molar-refractivity contribution is 5.85. The fourth-order valence-corrected chi connectivity index (χ4v) is 2.11. The molecule has 1 atom stereocenters. The first-order valence-electron chi connectivity index (χ1n) is 6.31. The average molecular weight is 264 g/mol. The number of benzene rings is 1. The molecule has 104 valence electrons. The van der Waals surface area contributed by atoms with Gasteiger partial charge >= 0.3 is 0 Å². The zero-order valence-corrected chi connectivity index (χ0v) is 11.1. The molecular formula is C14H20N2O3. The van der Waals surface area contributed by atoms with Gasteiger partial charge in [-0.2, -0.15) is 0 Å². The Bertz CT molecular complexity index is 440. The largest absolute Gasteiger partial charge is 0.396 e. The fourth-order valence-electron chi connectivity index (χ4n) is 2.11. The third kappa shape index (κ3) is 2.63. The highest BCUT2D eigenvalue weighted by Crippen LogP contribution is 2.28. The summed E-state index contributed by atoms with van der Waals surface area (Å²) >= 11 is 0. The van der Waals surface area contributed by atoms with Gasteiger partial charge in [-0.3, -0.25) is 10.1 Å². The van der Waals surface area contributed by atoms with Crippen molar-refractivity contribution in [3.8, 4) is 0 Å². The molecular weight excluding hydrogens is 244 g/mol. The molecule has 0 aromatic heterocycles. The Labute approximate surface area is 112 Å². The molecule has 5 heteroatoms. The first-order valence-corrected chi connectivity index (χ1v) is 6.31. The predicted molar refractivity (Wildman–Crippen MR) is 71.3 cm³/mol. The molecule has 2 rings (SSSR count). The van der Waals surface area contributed by atoms with E-state index in [1.54, 1.807) is 6.92 Å². The Morgan fingerprint density at radius 3 is 2.53 bits per heavy atom. The summed E-state index contributed by atoms with van der Waals surface area (Å²) in [5.41, 5.74) is 5.11. The third-order valence-electron chi connectivity index (χ3n) is 3.81. The molecule has 1 aromatic carbocycles. The minimum absolute atomic E-state index is 0.0314. The molecule has 4 N–H and O–H groups in total.